The van der Waals surface area contributed by atoms with Gasteiger partial charge >= 0.3 is 6.18 Å². The number of rotatable bonds is 5. The largest absolute Gasteiger partial charge is 0.486 e. The number of hydrogen-bond donors (Lipinski definition) is 1. The molecular weight excluding hydrogens is 309 g/mol. The Bertz CT molecular complexity index is 537. The van der Waals surface area contributed by atoms with Gasteiger partial charge in [-0.3, -0.25) is 0 Å². The lowest BCUT2D eigenvalue weighted by Gasteiger charge is -2.23. The predicted octanol–water partition coefficient (Wildman–Crippen LogP) is 2.83. The third kappa shape index (κ3) is 4.43. The SMILES string of the molecule is FC(F)(F)CNCCC1CCN(c2ccc3c(c2)OCCO3)C1. The summed E-state index contributed by atoms with van der Waals surface area (Å²) in [5, 5.41) is 2.47. The van der Waals surface area contributed by atoms with Crippen LogP contribution in [-0.2, 0) is 0 Å². The molecule has 23 heavy (non-hydrogen) atoms. The highest BCUT2D eigenvalue weighted by atomic mass is 19.4. The molecule has 0 aliphatic carbocycles. The smallest absolute Gasteiger partial charge is 0.401 e. The summed E-state index contributed by atoms with van der Waals surface area (Å²) in [5.74, 6) is 1.96. The highest BCUT2D eigenvalue weighted by molar-refractivity contribution is 5.57. The summed E-state index contributed by atoms with van der Waals surface area (Å²) in [6.07, 6.45) is -2.37. The molecule has 2 aliphatic rings. The molecule has 0 aromatic heterocycles. The summed E-state index contributed by atoms with van der Waals surface area (Å²) in [5.41, 5.74) is 1.08. The van der Waals surface area contributed by atoms with E-state index in [0.717, 1.165) is 43.1 Å². The Morgan fingerprint density at radius 3 is 2.74 bits per heavy atom. The zero-order chi connectivity index (χ0) is 16.3. The topological polar surface area (TPSA) is 33.7 Å². The molecule has 1 atom stereocenters. The van der Waals surface area contributed by atoms with E-state index in [1.54, 1.807) is 0 Å². The molecule has 1 N–H and O–H groups in total. The summed E-state index contributed by atoms with van der Waals surface area (Å²) in [6.45, 7) is 2.41. The van der Waals surface area contributed by atoms with Crippen LogP contribution in [0.4, 0.5) is 18.9 Å². The maximum Gasteiger partial charge on any atom is 0.401 e. The molecule has 4 nitrogen and oxygen atoms in total. The van der Waals surface area contributed by atoms with Crippen LogP contribution in [0, 0.1) is 5.92 Å². The molecule has 1 saturated heterocycles. The fourth-order valence-electron chi connectivity index (χ4n) is 3.07. The fourth-order valence-corrected chi connectivity index (χ4v) is 3.07. The second-order valence-corrected chi connectivity index (χ2v) is 6.01. The van der Waals surface area contributed by atoms with E-state index in [2.05, 4.69) is 10.2 Å². The third-order valence-corrected chi connectivity index (χ3v) is 4.23. The number of nitrogens with one attached hydrogen (secondary N) is 1. The number of nitrogens with zero attached hydrogens (tertiary/aromatic N) is 1. The van der Waals surface area contributed by atoms with E-state index in [4.69, 9.17) is 9.47 Å². The summed E-state index contributed by atoms with van der Waals surface area (Å²) < 4.78 is 47.4. The molecule has 1 aromatic carbocycles. The number of hydrogen-bond acceptors (Lipinski definition) is 4. The van der Waals surface area contributed by atoms with Crippen LogP contribution in [0.1, 0.15) is 12.8 Å². The minimum atomic E-state index is -4.13. The van der Waals surface area contributed by atoms with E-state index < -0.39 is 12.7 Å². The minimum absolute atomic E-state index is 0.402. The third-order valence-electron chi connectivity index (χ3n) is 4.23. The van der Waals surface area contributed by atoms with Crippen molar-refractivity contribution in [2.45, 2.75) is 19.0 Å². The lowest BCUT2D eigenvalue weighted by Crippen LogP contribution is -2.30. The van der Waals surface area contributed by atoms with Gasteiger partial charge in [-0.25, -0.2) is 0 Å². The van der Waals surface area contributed by atoms with Crippen molar-refractivity contribution in [3.8, 4) is 11.5 Å². The maximum absolute atomic E-state index is 12.1. The zero-order valence-corrected chi connectivity index (χ0v) is 12.9. The first-order valence-electron chi connectivity index (χ1n) is 7.93. The van der Waals surface area contributed by atoms with Gasteiger partial charge in [0.25, 0.3) is 0 Å². The van der Waals surface area contributed by atoms with Gasteiger partial charge in [0.1, 0.15) is 13.2 Å². The summed E-state index contributed by atoms with van der Waals surface area (Å²) in [6, 6.07) is 5.92. The normalized spacial score (nSPS) is 20.8. The van der Waals surface area contributed by atoms with Crippen molar-refractivity contribution in [3.63, 3.8) is 0 Å². The lowest BCUT2D eigenvalue weighted by molar-refractivity contribution is -0.124. The van der Waals surface area contributed by atoms with Gasteiger partial charge in [-0.05, 0) is 37.4 Å². The van der Waals surface area contributed by atoms with Crippen molar-refractivity contribution in [3.05, 3.63) is 18.2 Å². The first-order chi connectivity index (χ1) is 11.0. The van der Waals surface area contributed by atoms with Crippen LogP contribution in [0.5, 0.6) is 11.5 Å². The Kier molecular flexibility index (Phi) is 4.84. The van der Waals surface area contributed by atoms with Gasteiger partial charge in [0, 0.05) is 24.8 Å². The van der Waals surface area contributed by atoms with Gasteiger partial charge < -0.3 is 19.7 Å². The molecule has 3 rings (SSSR count). The standard InChI is InChI=1S/C16H21F3N2O2/c17-16(18,19)11-20-5-3-12-4-6-21(10-12)13-1-2-14-15(9-13)23-8-7-22-14/h1-2,9,12,20H,3-8,10-11H2. The summed E-state index contributed by atoms with van der Waals surface area (Å²) >= 11 is 0. The Morgan fingerprint density at radius 2 is 1.96 bits per heavy atom. The Balaban J connectivity index is 1.48. The zero-order valence-electron chi connectivity index (χ0n) is 12.9. The number of benzene rings is 1. The highest BCUT2D eigenvalue weighted by Gasteiger charge is 2.27. The van der Waals surface area contributed by atoms with E-state index in [1.807, 2.05) is 18.2 Å². The minimum Gasteiger partial charge on any atom is -0.486 e. The van der Waals surface area contributed by atoms with E-state index in [1.165, 1.54) is 0 Å². The Labute approximate surface area is 133 Å². The van der Waals surface area contributed by atoms with Crippen LogP contribution in [0.3, 0.4) is 0 Å². The summed E-state index contributed by atoms with van der Waals surface area (Å²) in [7, 11) is 0. The predicted molar refractivity (Wildman–Crippen MR) is 81.3 cm³/mol. The van der Waals surface area contributed by atoms with Crippen LogP contribution < -0.4 is 19.7 Å². The van der Waals surface area contributed by atoms with Crippen LogP contribution >= 0.6 is 0 Å². The molecule has 1 fully saturated rings. The lowest BCUT2D eigenvalue weighted by atomic mass is 10.1. The number of alkyl halides is 3. The van der Waals surface area contributed by atoms with Crippen LogP contribution in [0.2, 0.25) is 0 Å². The summed E-state index contributed by atoms with van der Waals surface area (Å²) in [4.78, 5) is 2.26. The van der Waals surface area contributed by atoms with Crippen LogP contribution in [-0.4, -0.2) is 45.6 Å². The van der Waals surface area contributed by atoms with Crippen molar-refractivity contribution >= 4 is 5.69 Å². The van der Waals surface area contributed by atoms with Crippen LogP contribution in [0.25, 0.3) is 0 Å². The highest BCUT2D eigenvalue weighted by Crippen LogP contribution is 2.35. The van der Waals surface area contributed by atoms with E-state index in [-0.39, 0.29) is 0 Å². The first kappa shape index (κ1) is 16.2. The molecule has 0 saturated carbocycles. The number of anilines is 1. The molecule has 1 unspecified atom stereocenters. The van der Waals surface area contributed by atoms with Crippen LogP contribution in [0.15, 0.2) is 18.2 Å². The van der Waals surface area contributed by atoms with Crippen molar-refractivity contribution in [1.29, 1.82) is 0 Å². The van der Waals surface area contributed by atoms with E-state index >= 15 is 0 Å². The van der Waals surface area contributed by atoms with Crippen molar-refractivity contribution in [1.82, 2.24) is 5.32 Å². The Hall–Kier alpha value is -1.63. The molecule has 0 spiro atoms. The number of ether oxygens (including phenoxy) is 2. The van der Waals surface area contributed by atoms with Gasteiger partial charge in [0.05, 0.1) is 6.54 Å². The van der Waals surface area contributed by atoms with Crippen molar-refractivity contribution in [2.75, 3.05) is 44.3 Å². The number of halogens is 3. The molecule has 2 heterocycles. The quantitative estimate of drug-likeness (QED) is 0.842. The van der Waals surface area contributed by atoms with Gasteiger partial charge in [0.15, 0.2) is 11.5 Å². The molecule has 1 aromatic rings. The molecule has 7 heteroatoms. The Morgan fingerprint density at radius 1 is 1.17 bits per heavy atom. The monoisotopic (exact) mass is 330 g/mol. The average molecular weight is 330 g/mol. The molecule has 2 aliphatic heterocycles. The molecule has 128 valence electrons. The molecule has 0 amide bonds. The maximum atomic E-state index is 12.1. The van der Waals surface area contributed by atoms with Gasteiger partial charge in [-0.1, -0.05) is 0 Å². The average Bonchev–Trinajstić information content (AvgIpc) is 2.99. The molecule has 0 radical (unpaired) electrons. The van der Waals surface area contributed by atoms with Gasteiger partial charge in [-0.15, -0.1) is 0 Å². The number of fused-ring (bicyclic) bond motifs is 1. The molecular formula is C16H21F3N2O2. The van der Waals surface area contributed by atoms with Crippen molar-refractivity contribution in [2.24, 2.45) is 5.92 Å². The van der Waals surface area contributed by atoms with E-state index in [0.29, 0.717) is 25.7 Å². The second-order valence-electron chi connectivity index (χ2n) is 6.01. The molecule has 0 bridgehead atoms. The first-order valence-corrected chi connectivity index (χ1v) is 7.93. The fraction of sp³-hybridized carbons (Fsp3) is 0.625. The van der Waals surface area contributed by atoms with E-state index in [9.17, 15) is 13.2 Å². The van der Waals surface area contributed by atoms with Gasteiger partial charge in [0.2, 0.25) is 0 Å². The van der Waals surface area contributed by atoms with Crippen molar-refractivity contribution < 1.29 is 22.6 Å². The van der Waals surface area contributed by atoms with Gasteiger partial charge in [-0.2, -0.15) is 13.2 Å². The second kappa shape index (κ2) is 6.86.